The summed E-state index contributed by atoms with van der Waals surface area (Å²) in [5.41, 5.74) is 1.77. The molecule has 154 valence electrons. The second-order valence-corrected chi connectivity index (χ2v) is 8.64. The zero-order chi connectivity index (χ0) is 21.4. The van der Waals surface area contributed by atoms with Crippen LogP contribution in [0.5, 0.6) is 5.75 Å². The van der Waals surface area contributed by atoms with Crippen LogP contribution in [-0.2, 0) is 20.2 Å². The van der Waals surface area contributed by atoms with Gasteiger partial charge in [0.15, 0.2) is 0 Å². The lowest BCUT2D eigenvalue weighted by Gasteiger charge is -2.07. The zero-order valence-corrected chi connectivity index (χ0v) is 17.4. The van der Waals surface area contributed by atoms with Crippen LogP contribution in [0, 0.1) is 6.92 Å². The smallest absolute Gasteiger partial charge is 0.339 e. The first-order chi connectivity index (χ1) is 13.0. The van der Waals surface area contributed by atoms with Crippen LogP contribution in [0.4, 0.5) is 0 Å². The van der Waals surface area contributed by atoms with Gasteiger partial charge in [-0.1, -0.05) is 36.7 Å². The molecule has 0 saturated heterocycles. The third kappa shape index (κ3) is 7.29. The van der Waals surface area contributed by atoms with Crippen molar-refractivity contribution in [1.29, 1.82) is 0 Å². The standard InChI is InChI=1S/C13H12O6S2.C5H11NO/c1-10-2-6-13(7-3-10)21(17,18)19-11-4-8-12(9-5-11)20(14,15)16;1-3-5(4-2)6-7/h2-9H,1H3,(H,14,15,16);7H,3-4H2,1-2H3. The molecule has 28 heavy (non-hydrogen) atoms. The number of oxime groups is 1. The Morgan fingerprint density at radius 1 is 0.893 bits per heavy atom. The predicted octanol–water partition coefficient (Wildman–Crippen LogP) is 3.65. The first-order valence-electron chi connectivity index (χ1n) is 8.32. The molecule has 0 aliphatic rings. The molecule has 10 heteroatoms. The molecule has 2 aromatic carbocycles. The zero-order valence-electron chi connectivity index (χ0n) is 15.7. The number of aryl methyl sites for hydroxylation is 1. The molecule has 0 fully saturated rings. The Morgan fingerprint density at radius 2 is 1.36 bits per heavy atom. The first-order valence-corrected chi connectivity index (χ1v) is 11.2. The topological polar surface area (TPSA) is 130 Å². The molecule has 0 aromatic heterocycles. The highest BCUT2D eigenvalue weighted by Gasteiger charge is 2.17. The molecule has 0 saturated carbocycles. The SMILES string of the molecule is CCC(CC)=NO.Cc1ccc(S(=O)(=O)Oc2ccc(S(=O)(=O)O)cc2)cc1. The highest BCUT2D eigenvalue weighted by Crippen LogP contribution is 2.21. The van der Waals surface area contributed by atoms with Gasteiger partial charge in [-0.3, -0.25) is 4.55 Å². The van der Waals surface area contributed by atoms with E-state index in [-0.39, 0.29) is 15.5 Å². The summed E-state index contributed by atoms with van der Waals surface area (Å²) < 4.78 is 59.5. The van der Waals surface area contributed by atoms with E-state index in [9.17, 15) is 16.8 Å². The Morgan fingerprint density at radius 3 is 1.71 bits per heavy atom. The highest BCUT2D eigenvalue weighted by atomic mass is 32.2. The Hall–Kier alpha value is -2.43. The Bertz CT molecular complexity index is 989. The van der Waals surface area contributed by atoms with Crippen molar-refractivity contribution < 1.29 is 30.8 Å². The van der Waals surface area contributed by atoms with E-state index in [1.54, 1.807) is 12.1 Å². The Kier molecular flexibility index (Phi) is 8.61. The summed E-state index contributed by atoms with van der Waals surface area (Å²) in [5, 5.41) is 11.2. The van der Waals surface area contributed by atoms with E-state index in [1.807, 2.05) is 20.8 Å². The molecular weight excluding hydrogens is 406 g/mol. The Balaban J connectivity index is 0.000000480. The Labute approximate surface area is 165 Å². The largest absolute Gasteiger partial charge is 0.411 e. The van der Waals surface area contributed by atoms with Crippen molar-refractivity contribution in [3.63, 3.8) is 0 Å². The number of hydrogen-bond donors (Lipinski definition) is 2. The summed E-state index contributed by atoms with van der Waals surface area (Å²) in [4.78, 5) is -0.352. The van der Waals surface area contributed by atoms with Crippen LogP contribution in [0.25, 0.3) is 0 Å². The van der Waals surface area contributed by atoms with Crippen molar-refractivity contribution in [3.05, 3.63) is 54.1 Å². The van der Waals surface area contributed by atoms with Crippen molar-refractivity contribution in [2.45, 2.75) is 43.4 Å². The molecule has 0 spiro atoms. The van der Waals surface area contributed by atoms with Gasteiger partial charge in [0.25, 0.3) is 10.1 Å². The summed E-state index contributed by atoms with van der Waals surface area (Å²) in [6, 6.07) is 10.5. The van der Waals surface area contributed by atoms with Crippen LogP contribution in [0.3, 0.4) is 0 Å². The van der Waals surface area contributed by atoms with Crippen LogP contribution >= 0.6 is 0 Å². The molecule has 0 unspecified atom stereocenters. The number of rotatable bonds is 6. The molecule has 0 aliphatic heterocycles. The molecule has 0 radical (unpaired) electrons. The second-order valence-electron chi connectivity index (χ2n) is 5.67. The lowest BCUT2D eigenvalue weighted by Crippen LogP contribution is -2.09. The van der Waals surface area contributed by atoms with Gasteiger partial charge in [0.1, 0.15) is 10.6 Å². The summed E-state index contributed by atoms with van der Waals surface area (Å²) in [6.07, 6.45) is 1.71. The molecule has 8 nitrogen and oxygen atoms in total. The first kappa shape index (κ1) is 23.6. The summed E-state index contributed by atoms with van der Waals surface area (Å²) in [7, 11) is -8.32. The van der Waals surface area contributed by atoms with Crippen molar-refractivity contribution >= 4 is 25.9 Å². The third-order valence-corrected chi connectivity index (χ3v) is 5.72. The molecular formula is C18H23NO7S2. The van der Waals surface area contributed by atoms with Gasteiger partial charge in [-0.25, -0.2) is 0 Å². The average molecular weight is 430 g/mol. The monoisotopic (exact) mass is 429 g/mol. The van der Waals surface area contributed by atoms with E-state index in [1.165, 1.54) is 12.1 Å². The molecule has 0 bridgehead atoms. The molecule has 0 amide bonds. The fourth-order valence-electron chi connectivity index (χ4n) is 1.94. The van der Waals surface area contributed by atoms with Gasteiger partial charge < -0.3 is 9.39 Å². The van der Waals surface area contributed by atoms with Crippen LogP contribution in [0.1, 0.15) is 32.3 Å². The maximum absolute atomic E-state index is 12.0. The second kappa shape index (κ2) is 10.2. The van der Waals surface area contributed by atoms with Crippen LogP contribution in [0.15, 0.2) is 63.5 Å². The minimum atomic E-state index is -4.33. The van der Waals surface area contributed by atoms with Gasteiger partial charge in [-0.2, -0.15) is 16.8 Å². The fourth-order valence-corrected chi connectivity index (χ4v) is 3.35. The molecule has 2 rings (SSSR count). The number of nitrogens with zero attached hydrogens (tertiary/aromatic N) is 1. The van der Waals surface area contributed by atoms with Gasteiger partial charge in [0, 0.05) is 0 Å². The van der Waals surface area contributed by atoms with E-state index in [0.717, 1.165) is 48.4 Å². The average Bonchev–Trinajstić information content (AvgIpc) is 2.63. The summed E-state index contributed by atoms with van der Waals surface area (Å²) in [6.45, 7) is 5.77. The van der Waals surface area contributed by atoms with Gasteiger partial charge >= 0.3 is 10.1 Å². The van der Waals surface area contributed by atoms with E-state index >= 15 is 0 Å². The van der Waals surface area contributed by atoms with E-state index < -0.39 is 20.2 Å². The molecule has 0 aliphatic carbocycles. The number of benzene rings is 2. The summed E-state index contributed by atoms with van der Waals surface area (Å²) in [5.74, 6) is -0.0528. The maximum Gasteiger partial charge on any atom is 0.339 e. The maximum atomic E-state index is 12.0. The van der Waals surface area contributed by atoms with Crippen molar-refractivity contribution in [1.82, 2.24) is 0 Å². The predicted molar refractivity (Wildman–Crippen MR) is 105 cm³/mol. The van der Waals surface area contributed by atoms with Gasteiger partial charge in [0.05, 0.1) is 10.6 Å². The van der Waals surface area contributed by atoms with Gasteiger partial charge in [0.2, 0.25) is 0 Å². The van der Waals surface area contributed by atoms with Gasteiger partial charge in [-0.05, 0) is 56.2 Å². The van der Waals surface area contributed by atoms with E-state index in [2.05, 4.69) is 5.16 Å². The molecule has 2 aromatic rings. The highest BCUT2D eigenvalue weighted by molar-refractivity contribution is 7.87. The van der Waals surface area contributed by atoms with Crippen molar-refractivity contribution in [3.8, 4) is 5.75 Å². The normalized spacial score (nSPS) is 11.1. The summed E-state index contributed by atoms with van der Waals surface area (Å²) >= 11 is 0. The minimum absolute atomic E-state index is 0.00745. The van der Waals surface area contributed by atoms with Crippen LogP contribution < -0.4 is 4.18 Å². The van der Waals surface area contributed by atoms with Crippen LogP contribution in [-0.4, -0.2) is 32.3 Å². The lowest BCUT2D eigenvalue weighted by atomic mass is 10.2. The molecule has 0 heterocycles. The molecule has 2 N–H and O–H groups in total. The fraction of sp³-hybridized carbons (Fsp3) is 0.278. The van der Waals surface area contributed by atoms with E-state index in [4.69, 9.17) is 13.9 Å². The van der Waals surface area contributed by atoms with Gasteiger partial charge in [-0.15, -0.1) is 0 Å². The third-order valence-electron chi connectivity index (χ3n) is 3.59. The molecule has 0 atom stereocenters. The lowest BCUT2D eigenvalue weighted by molar-refractivity contribution is 0.316. The van der Waals surface area contributed by atoms with E-state index in [0.29, 0.717) is 0 Å². The number of hydrogen-bond acceptors (Lipinski definition) is 7. The minimum Gasteiger partial charge on any atom is -0.411 e. The quantitative estimate of drug-likeness (QED) is 0.236. The van der Waals surface area contributed by atoms with Crippen molar-refractivity contribution in [2.24, 2.45) is 5.16 Å². The van der Waals surface area contributed by atoms with Crippen LogP contribution in [0.2, 0.25) is 0 Å². The van der Waals surface area contributed by atoms with Crippen molar-refractivity contribution in [2.75, 3.05) is 0 Å².